The van der Waals surface area contributed by atoms with Gasteiger partial charge in [0.15, 0.2) is 0 Å². The Kier molecular flexibility index (Phi) is 4.30. The van der Waals surface area contributed by atoms with Crippen LogP contribution in [0.5, 0.6) is 0 Å². The molecule has 0 bridgehead atoms. The van der Waals surface area contributed by atoms with E-state index in [1.807, 2.05) is 12.1 Å². The van der Waals surface area contributed by atoms with Crippen LogP contribution in [-0.2, 0) is 0 Å². The van der Waals surface area contributed by atoms with Crippen molar-refractivity contribution < 1.29 is 5.11 Å². The van der Waals surface area contributed by atoms with Gasteiger partial charge in [-0.25, -0.2) is 0 Å². The minimum atomic E-state index is -0.488. The molecule has 0 radical (unpaired) electrons. The van der Waals surface area contributed by atoms with Crippen LogP contribution in [-0.4, -0.2) is 29.5 Å². The zero-order valence-electron chi connectivity index (χ0n) is 9.08. The highest BCUT2D eigenvalue weighted by Crippen LogP contribution is 2.29. The standard InChI is InChI=1S/C12H16BrNOS/c13-10-2-1-3-11(8-10)16-9-12(15)4-6-14-7-5-12/h1-3,8,14-15H,4-7,9H2. The summed E-state index contributed by atoms with van der Waals surface area (Å²) in [6, 6.07) is 8.22. The van der Waals surface area contributed by atoms with E-state index in [0.717, 1.165) is 36.2 Å². The molecule has 1 heterocycles. The molecule has 16 heavy (non-hydrogen) atoms. The van der Waals surface area contributed by atoms with E-state index in [9.17, 15) is 5.11 Å². The Morgan fingerprint density at radius 1 is 1.38 bits per heavy atom. The van der Waals surface area contributed by atoms with Crippen LogP contribution in [0.1, 0.15) is 12.8 Å². The lowest BCUT2D eigenvalue weighted by atomic mass is 9.95. The number of hydrogen-bond acceptors (Lipinski definition) is 3. The van der Waals surface area contributed by atoms with Crippen LogP contribution in [0.25, 0.3) is 0 Å². The second kappa shape index (κ2) is 5.54. The van der Waals surface area contributed by atoms with Gasteiger partial charge in [0.05, 0.1) is 5.60 Å². The van der Waals surface area contributed by atoms with Gasteiger partial charge < -0.3 is 10.4 Å². The second-order valence-electron chi connectivity index (χ2n) is 4.22. The lowest BCUT2D eigenvalue weighted by Gasteiger charge is -2.32. The first kappa shape index (κ1) is 12.4. The maximum Gasteiger partial charge on any atom is 0.0765 e. The van der Waals surface area contributed by atoms with E-state index in [0.29, 0.717) is 0 Å². The molecule has 1 aliphatic heterocycles. The Hall–Kier alpha value is -0.0300. The fourth-order valence-corrected chi connectivity index (χ4v) is 3.47. The molecule has 1 saturated heterocycles. The van der Waals surface area contributed by atoms with E-state index in [1.165, 1.54) is 4.90 Å². The number of rotatable bonds is 3. The van der Waals surface area contributed by atoms with Crippen molar-refractivity contribution in [1.82, 2.24) is 5.32 Å². The Bertz CT molecular complexity index is 353. The van der Waals surface area contributed by atoms with Crippen molar-refractivity contribution in [3.8, 4) is 0 Å². The minimum absolute atomic E-state index is 0.488. The third-order valence-electron chi connectivity index (χ3n) is 2.84. The SMILES string of the molecule is OC1(CSc2cccc(Br)c2)CCNCC1. The first-order valence-electron chi connectivity index (χ1n) is 5.49. The van der Waals surface area contributed by atoms with Crippen LogP contribution in [0.4, 0.5) is 0 Å². The Morgan fingerprint density at radius 3 is 2.81 bits per heavy atom. The van der Waals surface area contributed by atoms with E-state index in [1.54, 1.807) is 11.8 Å². The smallest absolute Gasteiger partial charge is 0.0765 e. The molecular formula is C12H16BrNOS. The summed E-state index contributed by atoms with van der Waals surface area (Å²) in [5.74, 6) is 0.783. The molecule has 4 heteroatoms. The van der Waals surface area contributed by atoms with Crippen LogP contribution in [0.2, 0.25) is 0 Å². The topological polar surface area (TPSA) is 32.3 Å². The van der Waals surface area contributed by atoms with Crippen molar-refractivity contribution >= 4 is 27.7 Å². The molecule has 2 rings (SSSR count). The zero-order chi connectivity index (χ0) is 11.4. The third kappa shape index (κ3) is 3.48. The fraction of sp³-hybridized carbons (Fsp3) is 0.500. The van der Waals surface area contributed by atoms with Crippen molar-refractivity contribution in [3.05, 3.63) is 28.7 Å². The van der Waals surface area contributed by atoms with Crippen molar-refractivity contribution in [2.45, 2.75) is 23.3 Å². The van der Waals surface area contributed by atoms with Gasteiger partial charge in [-0.15, -0.1) is 11.8 Å². The molecule has 1 aromatic carbocycles. The molecule has 0 aliphatic carbocycles. The van der Waals surface area contributed by atoms with E-state index in [2.05, 4.69) is 33.4 Å². The number of benzene rings is 1. The number of thioether (sulfide) groups is 1. The van der Waals surface area contributed by atoms with Gasteiger partial charge in [0.2, 0.25) is 0 Å². The molecule has 0 amide bonds. The lowest BCUT2D eigenvalue weighted by Crippen LogP contribution is -2.43. The summed E-state index contributed by atoms with van der Waals surface area (Å²) in [6.45, 7) is 1.85. The minimum Gasteiger partial charge on any atom is -0.389 e. The Labute approximate surface area is 109 Å². The molecular weight excluding hydrogens is 286 g/mol. The highest BCUT2D eigenvalue weighted by atomic mass is 79.9. The summed E-state index contributed by atoms with van der Waals surface area (Å²) < 4.78 is 1.09. The van der Waals surface area contributed by atoms with E-state index in [4.69, 9.17) is 0 Å². The zero-order valence-corrected chi connectivity index (χ0v) is 11.5. The molecule has 1 aliphatic rings. The van der Waals surface area contributed by atoms with Gasteiger partial charge in [-0.3, -0.25) is 0 Å². The number of halogens is 1. The van der Waals surface area contributed by atoms with Crippen molar-refractivity contribution in [2.75, 3.05) is 18.8 Å². The molecule has 1 aromatic rings. The summed E-state index contributed by atoms with van der Waals surface area (Å²) in [6.07, 6.45) is 1.71. The number of hydrogen-bond donors (Lipinski definition) is 2. The maximum atomic E-state index is 10.3. The average Bonchev–Trinajstić information content (AvgIpc) is 2.28. The predicted octanol–water partition coefficient (Wildman–Crippen LogP) is 2.66. The fourth-order valence-electron chi connectivity index (χ4n) is 1.81. The van der Waals surface area contributed by atoms with Crippen LogP contribution in [0.15, 0.2) is 33.6 Å². The Morgan fingerprint density at radius 2 is 2.12 bits per heavy atom. The van der Waals surface area contributed by atoms with Gasteiger partial charge in [-0.05, 0) is 44.1 Å². The molecule has 2 nitrogen and oxygen atoms in total. The largest absolute Gasteiger partial charge is 0.389 e. The van der Waals surface area contributed by atoms with Gasteiger partial charge in [0, 0.05) is 15.1 Å². The van der Waals surface area contributed by atoms with E-state index < -0.39 is 5.60 Å². The molecule has 88 valence electrons. The second-order valence-corrected chi connectivity index (χ2v) is 6.18. The maximum absolute atomic E-state index is 10.3. The third-order valence-corrected chi connectivity index (χ3v) is 4.60. The summed E-state index contributed by atoms with van der Waals surface area (Å²) in [4.78, 5) is 1.21. The van der Waals surface area contributed by atoms with Crippen molar-refractivity contribution in [1.29, 1.82) is 0 Å². The predicted molar refractivity (Wildman–Crippen MR) is 71.9 cm³/mol. The summed E-state index contributed by atoms with van der Waals surface area (Å²) >= 11 is 5.19. The number of nitrogens with one attached hydrogen (secondary N) is 1. The first-order valence-corrected chi connectivity index (χ1v) is 7.27. The lowest BCUT2D eigenvalue weighted by molar-refractivity contribution is 0.0339. The van der Waals surface area contributed by atoms with Gasteiger partial charge in [0.1, 0.15) is 0 Å². The summed E-state index contributed by atoms with van der Waals surface area (Å²) in [5.41, 5.74) is -0.488. The molecule has 0 saturated carbocycles. The van der Waals surface area contributed by atoms with Crippen LogP contribution in [0, 0.1) is 0 Å². The summed E-state index contributed by atoms with van der Waals surface area (Å²) in [7, 11) is 0. The molecule has 2 N–H and O–H groups in total. The average molecular weight is 302 g/mol. The molecule has 1 fully saturated rings. The van der Waals surface area contributed by atoms with E-state index in [-0.39, 0.29) is 0 Å². The van der Waals surface area contributed by atoms with E-state index >= 15 is 0 Å². The monoisotopic (exact) mass is 301 g/mol. The van der Waals surface area contributed by atoms with Gasteiger partial charge in [0.25, 0.3) is 0 Å². The van der Waals surface area contributed by atoms with Crippen molar-refractivity contribution in [3.63, 3.8) is 0 Å². The van der Waals surface area contributed by atoms with Crippen molar-refractivity contribution in [2.24, 2.45) is 0 Å². The molecule has 0 unspecified atom stereocenters. The van der Waals surface area contributed by atoms with Gasteiger partial charge in [-0.2, -0.15) is 0 Å². The number of piperidine rings is 1. The number of aliphatic hydroxyl groups is 1. The normalized spacial score (nSPS) is 19.6. The molecule has 0 spiro atoms. The van der Waals surface area contributed by atoms with Gasteiger partial charge >= 0.3 is 0 Å². The Balaban J connectivity index is 1.91. The highest BCUT2D eigenvalue weighted by Gasteiger charge is 2.28. The molecule has 0 atom stereocenters. The summed E-state index contributed by atoms with van der Waals surface area (Å²) in [5, 5.41) is 13.6. The van der Waals surface area contributed by atoms with Gasteiger partial charge in [-0.1, -0.05) is 22.0 Å². The molecule has 0 aromatic heterocycles. The quantitative estimate of drug-likeness (QED) is 0.842. The van der Waals surface area contributed by atoms with Crippen LogP contribution < -0.4 is 5.32 Å². The highest BCUT2D eigenvalue weighted by molar-refractivity contribution is 9.10. The van der Waals surface area contributed by atoms with Crippen LogP contribution >= 0.6 is 27.7 Å². The first-order chi connectivity index (χ1) is 7.68. The van der Waals surface area contributed by atoms with Crippen LogP contribution in [0.3, 0.4) is 0 Å².